The quantitative estimate of drug-likeness (QED) is 0.812. The second kappa shape index (κ2) is 6.94. The van der Waals surface area contributed by atoms with E-state index in [1.54, 1.807) is 19.9 Å². The molecule has 1 amide bonds. The first-order valence-electron chi connectivity index (χ1n) is 9.62. The molecule has 2 aromatic heterocycles. The van der Waals surface area contributed by atoms with E-state index in [1.807, 2.05) is 0 Å². The molecule has 2 saturated carbocycles. The van der Waals surface area contributed by atoms with Crippen LogP contribution in [0.5, 0.6) is 0 Å². The van der Waals surface area contributed by atoms with Crippen molar-refractivity contribution in [3.63, 3.8) is 0 Å². The van der Waals surface area contributed by atoms with Crippen molar-refractivity contribution in [2.45, 2.75) is 52.5 Å². The lowest BCUT2D eigenvalue weighted by Gasteiger charge is -2.28. The van der Waals surface area contributed by atoms with Crippen LogP contribution >= 0.6 is 0 Å². The van der Waals surface area contributed by atoms with Crippen LogP contribution in [-0.2, 0) is 9.53 Å². The van der Waals surface area contributed by atoms with E-state index in [0.717, 1.165) is 11.8 Å². The van der Waals surface area contributed by atoms with E-state index in [0.29, 0.717) is 34.0 Å². The van der Waals surface area contributed by atoms with E-state index in [4.69, 9.17) is 9.26 Å². The van der Waals surface area contributed by atoms with Crippen LogP contribution in [0, 0.1) is 31.6 Å². The number of fused-ring (bicyclic) bond motifs is 3. The van der Waals surface area contributed by atoms with Crippen molar-refractivity contribution >= 4 is 23.0 Å². The molecular formula is C20H25N3O4. The number of pyridine rings is 1. The van der Waals surface area contributed by atoms with Crippen LogP contribution < -0.4 is 5.32 Å². The fraction of sp³-hybridized carbons (Fsp3) is 0.600. The Labute approximate surface area is 157 Å². The molecule has 1 N–H and O–H groups in total. The molecule has 2 heterocycles. The summed E-state index contributed by atoms with van der Waals surface area (Å²) in [6.45, 7) is 5.26. The molecule has 2 fully saturated rings. The van der Waals surface area contributed by atoms with Gasteiger partial charge in [-0.1, -0.05) is 11.6 Å². The maximum atomic E-state index is 12.5. The predicted octanol–water partition coefficient (Wildman–Crippen LogP) is 2.94. The Hall–Kier alpha value is -2.44. The average Bonchev–Trinajstić information content (AvgIpc) is 3.35. The number of carbonyl (C=O) groups is 2. The number of nitrogens with one attached hydrogen (secondary N) is 1. The van der Waals surface area contributed by atoms with Gasteiger partial charge >= 0.3 is 5.97 Å². The standard InChI is InChI=1S/C20H25N3O4/c1-10-6-16(18-12(3)23-27-19(18)21-10)20(25)26-9-17(24)22-11(2)15-8-13-4-5-14(15)7-13/h6,11,13-15H,4-5,7-9H2,1-3H3,(H,22,24)/t11-,13+,14+,15-/m1/s1. The molecule has 0 aromatic carbocycles. The van der Waals surface area contributed by atoms with Crippen LogP contribution in [0.4, 0.5) is 0 Å². The van der Waals surface area contributed by atoms with Crippen LogP contribution in [0.3, 0.4) is 0 Å². The molecular weight excluding hydrogens is 346 g/mol. The zero-order chi connectivity index (χ0) is 19.1. The molecule has 0 saturated heterocycles. The van der Waals surface area contributed by atoms with Gasteiger partial charge in [0, 0.05) is 11.7 Å². The van der Waals surface area contributed by atoms with Crippen molar-refractivity contribution in [3.05, 3.63) is 23.0 Å². The average molecular weight is 371 g/mol. The Morgan fingerprint density at radius 2 is 2.15 bits per heavy atom. The minimum absolute atomic E-state index is 0.113. The molecule has 4 atom stereocenters. The molecule has 0 radical (unpaired) electrons. The molecule has 144 valence electrons. The summed E-state index contributed by atoms with van der Waals surface area (Å²) in [6, 6.07) is 1.74. The van der Waals surface area contributed by atoms with Crippen molar-refractivity contribution < 1.29 is 18.8 Å². The number of rotatable bonds is 5. The lowest BCUT2D eigenvalue weighted by Crippen LogP contribution is -2.42. The van der Waals surface area contributed by atoms with Crippen molar-refractivity contribution in [3.8, 4) is 0 Å². The molecule has 2 bridgehead atoms. The van der Waals surface area contributed by atoms with Gasteiger partial charge < -0.3 is 14.6 Å². The summed E-state index contributed by atoms with van der Waals surface area (Å²) in [5, 5.41) is 7.39. The van der Waals surface area contributed by atoms with Crippen molar-refractivity contribution in [1.29, 1.82) is 0 Å². The molecule has 0 spiro atoms. The number of carbonyl (C=O) groups excluding carboxylic acids is 2. The fourth-order valence-electron chi connectivity index (χ4n) is 4.90. The topological polar surface area (TPSA) is 94.3 Å². The molecule has 2 aliphatic rings. The van der Waals surface area contributed by atoms with E-state index in [1.165, 1.54) is 25.7 Å². The number of ether oxygens (including phenoxy) is 1. The van der Waals surface area contributed by atoms with E-state index in [-0.39, 0.29) is 18.6 Å². The number of amides is 1. The van der Waals surface area contributed by atoms with Crippen LogP contribution in [0.25, 0.3) is 11.1 Å². The largest absolute Gasteiger partial charge is 0.452 e. The second-order valence-electron chi connectivity index (χ2n) is 8.03. The van der Waals surface area contributed by atoms with Crippen LogP contribution in [0.1, 0.15) is 54.4 Å². The van der Waals surface area contributed by atoms with Gasteiger partial charge in [-0.05, 0) is 63.9 Å². The van der Waals surface area contributed by atoms with E-state index < -0.39 is 5.97 Å². The molecule has 27 heavy (non-hydrogen) atoms. The Bertz CT molecular complexity index is 891. The number of hydrogen-bond acceptors (Lipinski definition) is 6. The Balaban J connectivity index is 1.36. The Morgan fingerprint density at radius 1 is 1.33 bits per heavy atom. The zero-order valence-corrected chi connectivity index (χ0v) is 15.9. The third-order valence-electron chi connectivity index (χ3n) is 6.12. The molecule has 7 nitrogen and oxygen atoms in total. The number of esters is 1. The van der Waals surface area contributed by atoms with Crippen molar-refractivity contribution in [2.24, 2.45) is 17.8 Å². The van der Waals surface area contributed by atoms with Crippen molar-refractivity contribution in [1.82, 2.24) is 15.5 Å². The van der Waals surface area contributed by atoms with Gasteiger partial charge in [-0.3, -0.25) is 4.79 Å². The minimum Gasteiger partial charge on any atom is -0.452 e. The van der Waals surface area contributed by atoms with Crippen molar-refractivity contribution in [2.75, 3.05) is 6.61 Å². The first-order valence-corrected chi connectivity index (χ1v) is 9.62. The number of aromatic nitrogens is 2. The van der Waals surface area contributed by atoms with E-state index in [2.05, 4.69) is 22.4 Å². The van der Waals surface area contributed by atoms with E-state index in [9.17, 15) is 9.59 Å². The highest BCUT2D eigenvalue weighted by molar-refractivity contribution is 6.03. The summed E-state index contributed by atoms with van der Waals surface area (Å²) < 4.78 is 10.4. The first kappa shape index (κ1) is 17.9. The maximum Gasteiger partial charge on any atom is 0.339 e. The summed E-state index contributed by atoms with van der Waals surface area (Å²) in [7, 11) is 0. The molecule has 0 unspecified atom stereocenters. The third kappa shape index (κ3) is 3.42. The highest BCUT2D eigenvalue weighted by Gasteiger charge is 2.42. The molecule has 7 heteroatoms. The highest BCUT2D eigenvalue weighted by Crippen LogP contribution is 2.49. The van der Waals surface area contributed by atoms with Gasteiger partial charge in [-0.15, -0.1) is 0 Å². The highest BCUT2D eigenvalue weighted by atomic mass is 16.5. The second-order valence-corrected chi connectivity index (χ2v) is 8.03. The molecule has 2 aliphatic carbocycles. The SMILES string of the molecule is Cc1cc(C(=O)OCC(=O)N[C@H](C)[C@H]2C[C@H]3CC[C@H]2C3)c2c(C)noc2n1. The van der Waals surface area contributed by atoms with E-state index >= 15 is 0 Å². The predicted molar refractivity (Wildman–Crippen MR) is 98.1 cm³/mol. The third-order valence-corrected chi connectivity index (χ3v) is 6.12. The Morgan fingerprint density at radius 3 is 2.85 bits per heavy atom. The smallest absolute Gasteiger partial charge is 0.339 e. The van der Waals surface area contributed by atoms with Gasteiger partial charge in [0.1, 0.15) is 0 Å². The summed E-state index contributed by atoms with van der Waals surface area (Å²) in [4.78, 5) is 29.0. The summed E-state index contributed by atoms with van der Waals surface area (Å²) in [6.07, 6.45) is 5.11. The normalized spacial score (nSPS) is 24.9. The van der Waals surface area contributed by atoms with Gasteiger partial charge in [0.2, 0.25) is 0 Å². The monoisotopic (exact) mass is 371 g/mol. The molecule has 4 rings (SSSR count). The fourth-order valence-corrected chi connectivity index (χ4v) is 4.90. The van der Waals surface area contributed by atoms with Gasteiger partial charge in [0.15, 0.2) is 6.61 Å². The summed E-state index contributed by atoms with van der Waals surface area (Å²) >= 11 is 0. The number of hydrogen-bond donors (Lipinski definition) is 1. The molecule has 0 aliphatic heterocycles. The van der Waals surface area contributed by atoms with Crippen LogP contribution in [0.2, 0.25) is 0 Å². The zero-order valence-electron chi connectivity index (χ0n) is 15.9. The van der Waals surface area contributed by atoms with Crippen LogP contribution in [0.15, 0.2) is 10.6 Å². The van der Waals surface area contributed by atoms with Crippen LogP contribution in [-0.4, -0.2) is 34.7 Å². The van der Waals surface area contributed by atoms with Gasteiger partial charge in [-0.25, -0.2) is 9.78 Å². The van der Waals surface area contributed by atoms with Gasteiger partial charge in [0.05, 0.1) is 16.6 Å². The lowest BCUT2D eigenvalue weighted by atomic mass is 9.84. The molecule has 2 aromatic rings. The maximum absolute atomic E-state index is 12.5. The minimum atomic E-state index is -0.570. The lowest BCUT2D eigenvalue weighted by molar-refractivity contribution is -0.125. The first-order chi connectivity index (χ1) is 12.9. The summed E-state index contributed by atoms with van der Waals surface area (Å²) in [5.41, 5.74) is 1.82. The van der Waals surface area contributed by atoms with Gasteiger partial charge in [-0.2, -0.15) is 0 Å². The summed E-state index contributed by atoms with van der Waals surface area (Å²) in [5.74, 6) is 1.28. The number of aryl methyl sites for hydroxylation is 2. The van der Waals surface area contributed by atoms with Gasteiger partial charge in [0.25, 0.3) is 11.6 Å². The number of nitrogens with zero attached hydrogens (tertiary/aromatic N) is 2. The Kier molecular flexibility index (Phi) is 4.61.